The van der Waals surface area contributed by atoms with E-state index in [9.17, 15) is 0 Å². The van der Waals surface area contributed by atoms with E-state index in [1.807, 2.05) is 24.3 Å². The summed E-state index contributed by atoms with van der Waals surface area (Å²) in [5.74, 6) is 4.33. The molecule has 0 saturated heterocycles. The van der Waals surface area contributed by atoms with Gasteiger partial charge in [-0.25, -0.2) is 0 Å². The van der Waals surface area contributed by atoms with Gasteiger partial charge in [-0.3, -0.25) is 0 Å². The maximum absolute atomic E-state index is 8.45. The SMILES string of the molecule is N#CCCc1cccccc[pH]c1. The zero-order valence-electron chi connectivity index (χ0n) is 7.40. The number of nitriles is 1. The molecule has 0 spiro atoms. The van der Waals surface area contributed by atoms with Crippen LogP contribution in [0.15, 0.2) is 41.9 Å². The van der Waals surface area contributed by atoms with Gasteiger partial charge >= 0.3 is 0 Å². The van der Waals surface area contributed by atoms with Crippen molar-refractivity contribution in [3.05, 3.63) is 47.5 Å². The van der Waals surface area contributed by atoms with Gasteiger partial charge in [-0.15, -0.1) is 8.19 Å². The highest BCUT2D eigenvalue weighted by Crippen LogP contribution is 2.06. The lowest BCUT2D eigenvalue weighted by molar-refractivity contribution is 1.02. The Morgan fingerprint density at radius 3 is 2.92 bits per heavy atom. The molecule has 0 radical (unpaired) electrons. The van der Waals surface area contributed by atoms with Gasteiger partial charge in [-0.1, -0.05) is 30.3 Å². The molecule has 13 heavy (non-hydrogen) atoms. The first-order valence-corrected chi connectivity index (χ1v) is 5.41. The molecule has 1 rings (SSSR count). The third-order valence-corrected chi connectivity index (χ3v) is 2.55. The van der Waals surface area contributed by atoms with Crippen molar-refractivity contribution in [1.82, 2.24) is 0 Å². The van der Waals surface area contributed by atoms with Crippen LogP contribution in [0.25, 0.3) is 0 Å². The van der Waals surface area contributed by atoms with Gasteiger partial charge in [0, 0.05) is 6.42 Å². The molecule has 0 N–H and O–H groups in total. The molecule has 2 heteroatoms. The molecule has 0 bridgehead atoms. The summed E-state index contributed by atoms with van der Waals surface area (Å²) in [6.45, 7) is 0. The van der Waals surface area contributed by atoms with Crippen LogP contribution < -0.4 is 0 Å². The van der Waals surface area contributed by atoms with E-state index in [0.29, 0.717) is 6.42 Å². The molecular formula is C11H12NP. The van der Waals surface area contributed by atoms with E-state index in [4.69, 9.17) is 5.26 Å². The fourth-order valence-corrected chi connectivity index (χ4v) is 1.75. The van der Waals surface area contributed by atoms with Crippen molar-refractivity contribution in [2.45, 2.75) is 12.8 Å². The standard InChI is InChI=1S/C11H12NP/c12-8-5-7-11-6-3-1-2-4-9-13-10-11/h1-4,6,9-10,13H,5,7H2. The predicted octanol–water partition coefficient (Wildman–Crippen LogP) is 3.30. The van der Waals surface area contributed by atoms with E-state index < -0.39 is 0 Å². The number of aryl methyl sites for hydroxylation is 1. The second-order valence-corrected chi connectivity index (χ2v) is 3.60. The monoisotopic (exact) mass is 189 g/mol. The Bertz CT molecular complexity index is 310. The molecule has 1 nitrogen and oxygen atoms in total. The smallest absolute Gasteiger partial charge is 0.0625 e. The fraction of sp³-hybridized carbons (Fsp3) is 0.182. The average Bonchev–Trinajstić information content (AvgIpc) is 2.28. The minimum absolute atomic E-state index is 0.605. The van der Waals surface area contributed by atoms with Crippen molar-refractivity contribution in [2.24, 2.45) is 0 Å². The first-order valence-electron chi connectivity index (χ1n) is 4.25. The Balaban J connectivity index is 2.86. The van der Waals surface area contributed by atoms with Crippen LogP contribution in [0, 0.1) is 11.3 Å². The first kappa shape index (κ1) is 9.84. The van der Waals surface area contributed by atoms with Crippen LogP contribution in [0.1, 0.15) is 12.0 Å². The van der Waals surface area contributed by atoms with Gasteiger partial charge < -0.3 is 0 Å². The third kappa shape index (κ3) is 4.35. The Morgan fingerprint density at radius 2 is 2.08 bits per heavy atom. The highest BCUT2D eigenvalue weighted by molar-refractivity contribution is 7.28. The van der Waals surface area contributed by atoms with Gasteiger partial charge in [-0.2, -0.15) is 5.26 Å². The maximum atomic E-state index is 8.45. The molecule has 1 unspecified atom stereocenters. The quantitative estimate of drug-likeness (QED) is 0.700. The molecule has 0 aliphatic carbocycles. The van der Waals surface area contributed by atoms with Crippen LogP contribution in [0.2, 0.25) is 0 Å². The molecule has 1 atom stereocenters. The van der Waals surface area contributed by atoms with Crippen molar-refractivity contribution in [3.8, 4) is 6.07 Å². The molecular weight excluding hydrogens is 177 g/mol. The summed E-state index contributed by atoms with van der Waals surface area (Å²) >= 11 is 0. The van der Waals surface area contributed by atoms with E-state index in [2.05, 4.69) is 23.7 Å². The molecule has 0 amide bonds. The Hall–Kier alpha value is -1.25. The molecule has 66 valence electrons. The number of hydrogen-bond acceptors (Lipinski definition) is 1. The zero-order valence-corrected chi connectivity index (χ0v) is 8.40. The van der Waals surface area contributed by atoms with Crippen LogP contribution in [0.4, 0.5) is 0 Å². The number of nitrogens with zero attached hydrogens (tertiary/aromatic N) is 1. The summed E-state index contributed by atoms with van der Waals surface area (Å²) in [6, 6.07) is 12.3. The van der Waals surface area contributed by atoms with E-state index in [1.165, 1.54) is 5.56 Å². The van der Waals surface area contributed by atoms with Gasteiger partial charge in [0.1, 0.15) is 0 Å². The third-order valence-electron chi connectivity index (χ3n) is 1.63. The van der Waals surface area contributed by atoms with Crippen LogP contribution in [0.3, 0.4) is 0 Å². The van der Waals surface area contributed by atoms with Gasteiger partial charge in [0.15, 0.2) is 0 Å². The van der Waals surface area contributed by atoms with Crippen LogP contribution in [-0.2, 0) is 6.42 Å². The summed E-state index contributed by atoms with van der Waals surface area (Å²) in [4.78, 5) is 0. The van der Waals surface area contributed by atoms with Crippen LogP contribution >= 0.6 is 8.19 Å². The van der Waals surface area contributed by atoms with Crippen molar-refractivity contribution in [2.75, 3.05) is 0 Å². The van der Waals surface area contributed by atoms with E-state index in [0.717, 1.165) is 14.6 Å². The average molecular weight is 189 g/mol. The molecule has 0 aliphatic heterocycles. The minimum atomic E-state index is 0.605. The molecule has 1 heterocycles. The molecule has 0 fully saturated rings. The summed E-state index contributed by atoms with van der Waals surface area (Å²) in [6.07, 6.45) is 1.47. The molecule has 0 aliphatic rings. The van der Waals surface area contributed by atoms with Crippen LogP contribution in [-0.4, -0.2) is 0 Å². The van der Waals surface area contributed by atoms with Gasteiger partial charge in [0.05, 0.1) is 6.07 Å². The summed E-state index contributed by atoms with van der Waals surface area (Å²) in [5.41, 5.74) is 1.26. The second kappa shape index (κ2) is 6.29. The van der Waals surface area contributed by atoms with E-state index in [-0.39, 0.29) is 0 Å². The lowest BCUT2D eigenvalue weighted by atomic mass is 10.2. The van der Waals surface area contributed by atoms with Crippen molar-refractivity contribution in [1.29, 1.82) is 5.26 Å². The lowest BCUT2D eigenvalue weighted by Crippen LogP contribution is -1.77. The maximum Gasteiger partial charge on any atom is 0.0625 e. The predicted molar refractivity (Wildman–Crippen MR) is 57.5 cm³/mol. The minimum Gasteiger partial charge on any atom is -0.198 e. The molecule has 1 aromatic heterocycles. The van der Waals surface area contributed by atoms with Gasteiger partial charge in [0.2, 0.25) is 0 Å². The van der Waals surface area contributed by atoms with E-state index in [1.54, 1.807) is 0 Å². The van der Waals surface area contributed by atoms with Crippen molar-refractivity contribution in [3.63, 3.8) is 0 Å². The Kier molecular flexibility index (Phi) is 4.76. The van der Waals surface area contributed by atoms with Crippen LogP contribution in [0.5, 0.6) is 0 Å². The zero-order chi connectivity index (χ0) is 9.36. The second-order valence-electron chi connectivity index (χ2n) is 2.65. The number of hydrogen-bond donors (Lipinski definition) is 0. The van der Waals surface area contributed by atoms with Crippen molar-refractivity contribution < 1.29 is 0 Å². The molecule has 0 saturated carbocycles. The largest absolute Gasteiger partial charge is 0.198 e. The lowest BCUT2D eigenvalue weighted by Gasteiger charge is -1.89. The topological polar surface area (TPSA) is 23.8 Å². The highest BCUT2D eigenvalue weighted by atomic mass is 31.0. The van der Waals surface area contributed by atoms with E-state index >= 15 is 0 Å². The fourth-order valence-electron chi connectivity index (χ4n) is 0.978. The molecule has 0 aromatic carbocycles. The highest BCUT2D eigenvalue weighted by Gasteiger charge is 1.86. The molecule has 1 aromatic rings. The Labute approximate surface area is 80.4 Å². The summed E-state index contributed by atoms with van der Waals surface area (Å²) in [7, 11) is 0.723. The van der Waals surface area contributed by atoms with Crippen molar-refractivity contribution >= 4 is 8.19 Å². The first-order chi connectivity index (χ1) is 6.43. The summed E-state index contributed by atoms with van der Waals surface area (Å²) in [5, 5.41) is 8.45. The van der Waals surface area contributed by atoms with Gasteiger partial charge in [0.25, 0.3) is 0 Å². The Morgan fingerprint density at radius 1 is 1.23 bits per heavy atom. The normalized spacial score (nSPS) is 9.15. The van der Waals surface area contributed by atoms with Gasteiger partial charge in [-0.05, 0) is 23.6 Å². The summed E-state index contributed by atoms with van der Waals surface area (Å²) < 4.78 is 0. The number of rotatable bonds is 2.